The molecule has 4 atom stereocenters. The second-order valence-corrected chi connectivity index (χ2v) is 6.80. The predicted molar refractivity (Wildman–Crippen MR) is 99.7 cm³/mol. The van der Waals surface area contributed by atoms with E-state index in [4.69, 9.17) is 9.47 Å². The first-order chi connectivity index (χ1) is 13.5. The summed E-state index contributed by atoms with van der Waals surface area (Å²) in [7, 11) is 0. The number of carbonyl (C=O) groups is 1. The van der Waals surface area contributed by atoms with Crippen LogP contribution in [-0.4, -0.2) is 100 Å². The van der Waals surface area contributed by atoms with Gasteiger partial charge in [0.15, 0.2) is 0 Å². The fourth-order valence-corrected chi connectivity index (χ4v) is 3.03. The lowest BCUT2D eigenvalue weighted by Crippen LogP contribution is -2.52. The van der Waals surface area contributed by atoms with Crippen LogP contribution in [0.3, 0.4) is 0 Å². The smallest absolute Gasteiger partial charge is 0.254 e. The van der Waals surface area contributed by atoms with Gasteiger partial charge < -0.3 is 34.8 Å². The summed E-state index contributed by atoms with van der Waals surface area (Å²) in [4.78, 5) is 18.1. The van der Waals surface area contributed by atoms with Gasteiger partial charge in [-0.1, -0.05) is 0 Å². The number of aromatic nitrogens is 1. The molecular formula is C19H30N2O7. The summed E-state index contributed by atoms with van der Waals surface area (Å²) >= 11 is 0. The molecule has 1 saturated heterocycles. The molecule has 0 aliphatic carbocycles. The molecule has 1 fully saturated rings. The van der Waals surface area contributed by atoms with Crippen LogP contribution in [0.5, 0.6) is 0 Å². The number of β-amino-alcohol motifs (C(OH)–C–C–N with tert-alkyl or cyclic N) is 1. The van der Waals surface area contributed by atoms with Gasteiger partial charge in [0.25, 0.3) is 5.91 Å². The van der Waals surface area contributed by atoms with Crippen molar-refractivity contribution in [1.29, 1.82) is 0 Å². The highest BCUT2D eigenvalue weighted by molar-refractivity contribution is 5.94. The summed E-state index contributed by atoms with van der Waals surface area (Å²) in [6, 6.07) is 3.16. The Morgan fingerprint density at radius 2 is 1.86 bits per heavy atom. The average Bonchev–Trinajstić information content (AvgIpc) is 2.72. The van der Waals surface area contributed by atoms with Crippen LogP contribution in [0.25, 0.3) is 0 Å². The zero-order chi connectivity index (χ0) is 20.4. The number of nitrogens with zero attached hydrogens (tertiary/aromatic N) is 2. The van der Waals surface area contributed by atoms with Crippen LogP contribution in [0, 0.1) is 0 Å². The Labute approximate surface area is 164 Å². The molecule has 2 heterocycles. The summed E-state index contributed by atoms with van der Waals surface area (Å²) in [6.07, 6.45) is -0.348. The highest BCUT2D eigenvalue weighted by atomic mass is 16.5. The fourth-order valence-electron chi connectivity index (χ4n) is 3.03. The van der Waals surface area contributed by atoms with E-state index in [9.17, 15) is 25.2 Å². The third-order valence-corrected chi connectivity index (χ3v) is 4.63. The Kier molecular flexibility index (Phi) is 9.76. The van der Waals surface area contributed by atoms with E-state index in [1.807, 2.05) is 0 Å². The first kappa shape index (κ1) is 22.7. The van der Waals surface area contributed by atoms with Crippen molar-refractivity contribution in [3.63, 3.8) is 0 Å². The molecule has 1 aromatic heterocycles. The summed E-state index contributed by atoms with van der Waals surface area (Å²) in [6.45, 7) is 0.830. The van der Waals surface area contributed by atoms with Crippen LogP contribution >= 0.6 is 0 Å². The molecule has 0 saturated carbocycles. The summed E-state index contributed by atoms with van der Waals surface area (Å²) in [5.41, 5.74) is 0.418. The summed E-state index contributed by atoms with van der Waals surface area (Å²) < 4.78 is 11.1. The van der Waals surface area contributed by atoms with Crippen LogP contribution in [0.2, 0.25) is 0 Å². The van der Waals surface area contributed by atoms with Gasteiger partial charge in [0.2, 0.25) is 0 Å². The van der Waals surface area contributed by atoms with E-state index in [2.05, 4.69) is 4.98 Å². The molecule has 0 unspecified atom stereocenters. The maximum Gasteiger partial charge on any atom is 0.254 e. The molecule has 4 N–H and O–H groups in total. The highest BCUT2D eigenvalue weighted by Crippen LogP contribution is 2.14. The first-order valence-electron chi connectivity index (χ1n) is 9.58. The van der Waals surface area contributed by atoms with Crippen LogP contribution < -0.4 is 0 Å². The van der Waals surface area contributed by atoms with Crippen LogP contribution in [0.4, 0.5) is 0 Å². The Bertz CT molecular complexity index is 575. The van der Waals surface area contributed by atoms with E-state index in [0.29, 0.717) is 38.2 Å². The first-order valence-corrected chi connectivity index (χ1v) is 9.58. The Balaban J connectivity index is 2.15. The highest BCUT2D eigenvalue weighted by Gasteiger charge is 2.34. The number of aliphatic hydroxyl groups is 4. The lowest BCUT2D eigenvalue weighted by molar-refractivity contribution is -0.145. The number of amides is 1. The number of carbonyl (C=O) groups excluding carboxylic acids is 1. The maximum atomic E-state index is 12.8. The zero-order valence-corrected chi connectivity index (χ0v) is 15.9. The summed E-state index contributed by atoms with van der Waals surface area (Å²) in [5.74, 6) is -0.305. The van der Waals surface area contributed by atoms with Crippen LogP contribution in [0.15, 0.2) is 24.5 Å². The van der Waals surface area contributed by atoms with Crippen molar-refractivity contribution in [3.8, 4) is 0 Å². The quantitative estimate of drug-likeness (QED) is 0.519. The minimum absolute atomic E-state index is 0.152. The van der Waals surface area contributed by atoms with Crippen molar-refractivity contribution >= 4 is 5.91 Å². The van der Waals surface area contributed by atoms with Gasteiger partial charge in [-0.3, -0.25) is 9.78 Å². The van der Waals surface area contributed by atoms with Crippen molar-refractivity contribution in [3.05, 3.63) is 30.1 Å². The van der Waals surface area contributed by atoms with Crippen molar-refractivity contribution in [2.45, 2.75) is 43.7 Å². The van der Waals surface area contributed by atoms with Gasteiger partial charge in [-0.2, -0.15) is 0 Å². The molecule has 9 nitrogen and oxygen atoms in total. The second kappa shape index (κ2) is 12.1. The molecule has 0 radical (unpaired) electrons. The SMILES string of the molecule is O=C(c1ccncc1)N1CCCOCCCCO[C@H]([C@H](O)CO)[C@H](O)[C@H](O)C1. The molecule has 1 amide bonds. The van der Waals surface area contributed by atoms with E-state index in [1.54, 1.807) is 12.1 Å². The number of aliphatic hydroxyl groups excluding tert-OH is 4. The number of pyridine rings is 1. The largest absolute Gasteiger partial charge is 0.394 e. The number of ether oxygens (including phenoxy) is 2. The Morgan fingerprint density at radius 1 is 1.18 bits per heavy atom. The van der Waals surface area contributed by atoms with Gasteiger partial charge in [0.1, 0.15) is 24.4 Å². The van der Waals surface area contributed by atoms with Gasteiger partial charge in [-0.05, 0) is 31.4 Å². The Morgan fingerprint density at radius 3 is 2.57 bits per heavy atom. The van der Waals surface area contributed by atoms with E-state index in [-0.39, 0.29) is 19.1 Å². The number of hydrogen-bond acceptors (Lipinski definition) is 8. The van der Waals surface area contributed by atoms with Gasteiger partial charge >= 0.3 is 0 Å². The molecule has 9 heteroatoms. The second-order valence-electron chi connectivity index (χ2n) is 6.80. The van der Waals surface area contributed by atoms with Crippen molar-refractivity contribution in [2.24, 2.45) is 0 Å². The minimum atomic E-state index is -1.46. The third kappa shape index (κ3) is 6.77. The Hall–Kier alpha value is -1.62. The van der Waals surface area contributed by atoms with Gasteiger partial charge in [-0.25, -0.2) is 0 Å². The van der Waals surface area contributed by atoms with E-state index >= 15 is 0 Å². The fraction of sp³-hybridized carbons (Fsp3) is 0.684. The lowest BCUT2D eigenvalue weighted by Gasteiger charge is -2.33. The molecule has 1 aliphatic heterocycles. The number of hydrogen-bond donors (Lipinski definition) is 4. The third-order valence-electron chi connectivity index (χ3n) is 4.63. The molecule has 28 heavy (non-hydrogen) atoms. The predicted octanol–water partition coefficient (Wildman–Crippen LogP) is -0.815. The van der Waals surface area contributed by atoms with E-state index in [1.165, 1.54) is 17.3 Å². The normalized spacial score (nSPS) is 27.0. The molecule has 1 aliphatic rings. The lowest BCUT2D eigenvalue weighted by atomic mass is 10.0. The van der Waals surface area contributed by atoms with E-state index < -0.39 is 31.0 Å². The van der Waals surface area contributed by atoms with Crippen molar-refractivity contribution in [1.82, 2.24) is 9.88 Å². The molecule has 158 valence electrons. The topological polar surface area (TPSA) is 133 Å². The average molecular weight is 398 g/mol. The van der Waals surface area contributed by atoms with Crippen molar-refractivity contribution in [2.75, 3.05) is 39.5 Å². The molecule has 0 bridgehead atoms. The molecule has 1 aromatic rings. The zero-order valence-electron chi connectivity index (χ0n) is 15.9. The van der Waals surface area contributed by atoms with Gasteiger partial charge in [0.05, 0.1) is 6.61 Å². The van der Waals surface area contributed by atoms with Crippen molar-refractivity contribution < 1.29 is 34.7 Å². The molecule has 2 rings (SSSR count). The maximum absolute atomic E-state index is 12.8. The van der Waals surface area contributed by atoms with Gasteiger partial charge in [-0.15, -0.1) is 0 Å². The van der Waals surface area contributed by atoms with Crippen LogP contribution in [0.1, 0.15) is 29.6 Å². The van der Waals surface area contributed by atoms with Crippen LogP contribution in [-0.2, 0) is 9.47 Å². The minimum Gasteiger partial charge on any atom is -0.394 e. The standard InChI is InChI=1S/C19H30N2O7/c22-13-16(24)18-17(25)15(23)12-21(19(26)14-4-6-20-7-5-14)8-3-10-27-9-1-2-11-28-18/h4-7,15-18,22-25H,1-3,8-13H2/t15-,16-,17-,18-/m1/s1. The molecule has 0 aromatic carbocycles. The molecular weight excluding hydrogens is 368 g/mol. The monoisotopic (exact) mass is 398 g/mol. The van der Waals surface area contributed by atoms with E-state index in [0.717, 1.165) is 6.42 Å². The number of rotatable bonds is 3. The molecule has 0 spiro atoms. The van der Waals surface area contributed by atoms with Gasteiger partial charge in [0, 0.05) is 50.9 Å². The summed E-state index contributed by atoms with van der Waals surface area (Å²) in [5, 5.41) is 40.2.